The molecule has 0 radical (unpaired) electrons. The van der Waals surface area contributed by atoms with E-state index < -0.39 is 11.2 Å². The maximum Gasteiger partial charge on any atom is 0.251 e. The fraction of sp³-hybridized carbons (Fsp3) is 0.0500. The molecule has 0 saturated heterocycles. The highest BCUT2D eigenvalue weighted by molar-refractivity contribution is 6.08. The van der Waals surface area contributed by atoms with Crippen molar-refractivity contribution in [1.29, 1.82) is 0 Å². The molecule has 0 atom stereocenters. The summed E-state index contributed by atoms with van der Waals surface area (Å²) in [4.78, 5) is 17.2. The van der Waals surface area contributed by atoms with Gasteiger partial charge < -0.3 is 10.5 Å². The van der Waals surface area contributed by atoms with E-state index in [4.69, 9.17) is 10.5 Å². The van der Waals surface area contributed by atoms with Crippen molar-refractivity contribution in [3.63, 3.8) is 0 Å². The molecule has 136 valence electrons. The average molecular weight is 364 g/mol. The van der Waals surface area contributed by atoms with Gasteiger partial charge in [-0.15, -0.1) is 0 Å². The number of methoxy groups -OCH3 is 1. The second kappa shape index (κ2) is 8.09. The summed E-state index contributed by atoms with van der Waals surface area (Å²) in [7, 11) is 1.36. The van der Waals surface area contributed by atoms with Crippen LogP contribution in [0.1, 0.15) is 5.69 Å². The van der Waals surface area contributed by atoms with Gasteiger partial charge in [-0.25, -0.2) is 14.1 Å². The van der Waals surface area contributed by atoms with E-state index in [1.807, 2.05) is 18.2 Å². The van der Waals surface area contributed by atoms with Crippen molar-refractivity contribution in [2.24, 2.45) is 10.7 Å². The molecule has 6 nitrogen and oxygen atoms in total. The number of rotatable bonds is 5. The van der Waals surface area contributed by atoms with Crippen molar-refractivity contribution < 1.29 is 9.13 Å². The van der Waals surface area contributed by atoms with Crippen molar-refractivity contribution in [1.82, 2.24) is 9.78 Å². The molecule has 0 spiro atoms. The molecule has 0 fully saturated rings. The Kier molecular flexibility index (Phi) is 5.41. The first-order valence-corrected chi connectivity index (χ1v) is 8.09. The molecule has 7 heteroatoms. The molecule has 0 aliphatic rings. The van der Waals surface area contributed by atoms with Gasteiger partial charge >= 0.3 is 0 Å². The van der Waals surface area contributed by atoms with Gasteiger partial charge in [0.1, 0.15) is 11.5 Å². The highest BCUT2D eigenvalue weighted by Crippen LogP contribution is 2.16. The van der Waals surface area contributed by atoms with Crippen LogP contribution in [0.5, 0.6) is 5.75 Å². The van der Waals surface area contributed by atoms with E-state index in [0.717, 1.165) is 0 Å². The summed E-state index contributed by atoms with van der Waals surface area (Å²) in [6.45, 7) is 0. The van der Waals surface area contributed by atoms with E-state index in [1.54, 1.807) is 30.3 Å². The van der Waals surface area contributed by atoms with Crippen molar-refractivity contribution in [2.45, 2.75) is 0 Å². The summed E-state index contributed by atoms with van der Waals surface area (Å²) in [5, 5.41) is 4.27. The van der Waals surface area contributed by atoms with Crippen LogP contribution in [0.2, 0.25) is 0 Å². The smallest absolute Gasteiger partial charge is 0.251 e. The Morgan fingerprint density at radius 2 is 1.89 bits per heavy atom. The van der Waals surface area contributed by atoms with Crippen LogP contribution in [0.3, 0.4) is 0 Å². The first-order valence-electron chi connectivity index (χ1n) is 8.09. The van der Waals surface area contributed by atoms with Crippen molar-refractivity contribution in [2.75, 3.05) is 7.11 Å². The van der Waals surface area contributed by atoms with Gasteiger partial charge in [-0.3, -0.25) is 4.79 Å². The summed E-state index contributed by atoms with van der Waals surface area (Å²) in [6, 6.07) is 15.1. The number of para-hydroxylation sites is 2. The van der Waals surface area contributed by atoms with E-state index >= 15 is 0 Å². The van der Waals surface area contributed by atoms with Gasteiger partial charge in [0.05, 0.1) is 24.7 Å². The second-order valence-corrected chi connectivity index (χ2v) is 5.46. The zero-order valence-corrected chi connectivity index (χ0v) is 14.5. The quantitative estimate of drug-likeness (QED) is 0.706. The molecule has 2 N–H and O–H groups in total. The summed E-state index contributed by atoms with van der Waals surface area (Å²) >= 11 is 0. The number of nitrogens with zero attached hydrogens (tertiary/aromatic N) is 3. The normalized spacial score (nSPS) is 11.7. The summed E-state index contributed by atoms with van der Waals surface area (Å²) in [6.07, 6.45) is 4.05. The van der Waals surface area contributed by atoms with E-state index in [9.17, 15) is 9.18 Å². The largest absolute Gasteiger partial charge is 0.491 e. The predicted molar refractivity (Wildman–Crippen MR) is 102 cm³/mol. The molecule has 1 heterocycles. The van der Waals surface area contributed by atoms with Crippen LogP contribution in [0, 0.1) is 5.82 Å². The number of ether oxygens (including phenoxy) is 1. The van der Waals surface area contributed by atoms with Crippen LogP contribution in [-0.4, -0.2) is 22.6 Å². The Balaban J connectivity index is 2.24. The highest BCUT2D eigenvalue weighted by Gasteiger charge is 2.16. The molecule has 2 aromatic carbocycles. The van der Waals surface area contributed by atoms with Crippen LogP contribution >= 0.6 is 0 Å². The Bertz CT molecular complexity index is 1060. The van der Waals surface area contributed by atoms with Gasteiger partial charge in [0.2, 0.25) is 0 Å². The number of benzene rings is 2. The molecule has 0 aliphatic heterocycles. The number of hydrogen-bond donors (Lipinski definition) is 1. The zero-order chi connectivity index (χ0) is 19.2. The van der Waals surface area contributed by atoms with E-state index in [2.05, 4.69) is 10.1 Å². The summed E-state index contributed by atoms with van der Waals surface area (Å²) in [5.74, 6) is -0.480. The Morgan fingerprint density at radius 3 is 2.56 bits per heavy atom. The number of allylic oxidation sites excluding steroid dienone is 1. The number of aliphatic imine (C=N–C) groups is 1. The van der Waals surface area contributed by atoms with Gasteiger partial charge in [0.15, 0.2) is 11.4 Å². The first-order chi connectivity index (χ1) is 13.1. The lowest BCUT2D eigenvalue weighted by molar-refractivity contribution is 0.404. The number of nitrogens with two attached hydrogens (primary N) is 1. The lowest BCUT2D eigenvalue weighted by atomic mass is 10.2. The molecule has 0 aliphatic carbocycles. The lowest BCUT2D eigenvalue weighted by Crippen LogP contribution is -2.23. The lowest BCUT2D eigenvalue weighted by Gasteiger charge is -2.11. The molecule has 0 unspecified atom stereocenters. The van der Waals surface area contributed by atoms with Crippen LogP contribution in [0.25, 0.3) is 5.69 Å². The van der Waals surface area contributed by atoms with Crippen LogP contribution in [0.15, 0.2) is 82.9 Å². The average Bonchev–Trinajstić information content (AvgIpc) is 2.69. The molecular weight excluding hydrogens is 347 g/mol. The Hall–Kier alpha value is -3.74. The monoisotopic (exact) mass is 364 g/mol. The third-order valence-electron chi connectivity index (χ3n) is 3.71. The minimum absolute atomic E-state index is 0.00874. The molecule has 3 rings (SSSR count). The van der Waals surface area contributed by atoms with Crippen molar-refractivity contribution in [3.8, 4) is 11.4 Å². The maximum atomic E-state index is 14.2. The predicted octanol–water partition coefficient (Wildman–Crippen LogP) is 2.97. The fourth-order valence-electron chi connectivity index (χ4n) is 2.44. The van der Waals surface area contributed by atoms with E-state index in [0.29, 0.717) is 5.69 Å². The minimum Gasteiger partial charge on any atom is -0.491 e. The Labute approximate surface area is 155 Å². The topological polar surface area (TPSA) is 82.5 Å². The molecule has 0 bridgehead atoms. The molecule has 0 saturated carbocycles. The Morgan fingerprint density at radius 1 is 1.19 bits per heavy atom. The third kappa shape index (κ3) is 3.92. The second-order valence-electron chi connectivity index (χ2n) is 5.46. The van der Waals surface area contributed by atoms with Crippen LogP contribution < -0.4 is 15.9 Å². The van der Waals surface area contributed by atoms with Gasteiger partial charge in [0.25, 0.3) is 5.43 Å². The van der Waals surface area contributed by atoms with Gasteiger partial charge in [-0.2, -0.15) is 5.10 Å². The van der Waals surface area contributed by atoms with Crippen LogP contribution in [-0.2, 0) is 0 Å². The SMILES string of the molecule is COc1cn(-c2ccccc2F)nc(C(C=CN)=Nc2ccccc2)c1=O. The maximum absolute atomic E-state index is 14.2. The number of aromatic nitrogens is 2. The minimum atomic E-state index is -0.488. The molecular formula is C20H17FN4O2. The van der Waals surface area contributed by atoms with Crippen LogP contribution in [0.4, 0.5) is 10.1 Å². The van der Waals surface area contributed by atoms with Gasteiger partial charge in [-0.05, 0) is 36.5 Å². The molecule has 27 heavy (non-hydrogen) atoms. The van der Waals surface area contributed by atoms with E-state index in [-0.39, 0.29) is 22.8 Å². The zero-order valence-electron chi connectivity index (χ0n) is 14.5. The van der Waals surface area contributed by atoms with Crippen molar-refractivity contribution >= 4 is 11.4 Å². The van der Waals surface area contributed by atoms with E-state index in [1.165, 1.54) is 36.3 Å². The number of hydrogen-bond acceptors (Lipinski definition) is 5. The fourth-order valence-corrected chi connectivity index (χ4v) is 2.44. The van der Waals surface area contributed by atoms with Gasteiger partial charge in [0, 0.05) is 0 Å². The molecule has 1 aromatic heterocycles. The first kappa shape index (κ1) is 18.1. The molecule has 3 aromatic rings. The highest BCUT2D eigenvalue weighted by atomic mass is 19.1. The third-order valence-corrected chi connectivity index (χ3v) is 3.71. The van der Waals surface area contributed by atoms with Gasteiger partial charge in [-0.1, -0.05) is 30.3 Å². The summed E-state index contributed by atoms with van der Waals surface area (Å²) in [5.41, 5.74) is 6.07. The standard InChI is InChI=1S/C20H17FN4O2/c1-27-18-13-25(17-10-6-5-9-15(17)21)24-19(20(18)26)16(11-12-22)23-14-7-3-2-4-8-14/h2-13H,22H2,1H3. The number of halogens is 1. The molecule has 0 amide bonds. The van der Waals surface area contributed by atoms with Crippen molar-refractivity contribution in [3.05, 3.63) is 94.8 Å². The summed E-state index contributed by atoms with van der Waals surface area (Å²) < 4.78 is 20.6.